The lowest BCUT2D eigenvalue weighted by atomic mass is 9.82. The summed E-state index contributed by atoms with van der Waals surface area (Å²) in [5, 5.41) is 9.46. The molecule has 1 aromatic rings. The van der Waals surface area contributed by atoms with Gasteiger partial charge in [-0.2, -0.15) is 0 Å². The standard InChI is InChI=1S/C15H23NO/c1-13-6-3-4-7-14(13)10-16-9-5-8-15(2,11-16)12-17/h3-4,6-7,17H,5,8-12H2,1-2H3. The minimum absolute atomic E-state index is 0.0981. The first kappa shape index (κ1) is 12.6. The summed E-state index contributed by atoms with van der Waals surface area (Å²) in [5.74, 6) is 0. The Balaban J connectivity index is 2.02. The minimum atomic E-state index is 0.0981. The van der Waals surface area contributed by atoms with Crippen LogP contribution >= 0.6 is 0 Å². The predicted molar refractivity (Wildman–Crippen MR) is 70.9 cm³/mol. The van der Waals surface area contributed by atoms with E-state index in [1.807, 2.05) is 0 Å². The van der Waals surface area contributed by atoms with Crippen LogP contribution in [0, 0.1) is 12.3 Å². The normalized spacial score (nSPS) is 26.1. The first-order valence-corrected chi connectivity index (χ1v) is 6.51. The lowest BCUT2D eigenvalue weighted by Crippen LogP contribution is -2.43. The maximum atomic E-state index is 9.46. The first-order valence-electron chi connectivity index (χ1n) is 6.51. The fraction of sp³-hybridized carbons (Fsp3) is 0.600. The molecule has 0 aliphatic carbocycles. The van der Waals surface area contributed by atoms with Gasteiger partial charge in [0.15, 0.2) is 0 Å². The minimum Gasteiger partial charge on any atom is -0.396 e. The maximum absolute atomic E-state index is 9.46. The summed E-state index contributed by atoms with van der Waals surface area (Å²) in [5.41, 5.74) is 2.87. The largest absolute Gasteiger partial charge is 0.396 e. The monoisotopic (exact) mass is 233 g/mol. The molecule has 1 fully saturated rings. The van der Waals surface area contributed by atoms with Crippen LogP contribution in [-0.2, 0) is 6.54 Å². The topological polar surface area (TPSA) is 23.5 Å². The molecule has 0 saturated carbocycles. The Labute approximate surface area is 104 Å². The van der Waals surface area contributed by atoms with Crippen LogP contribution in [0.1, 0.15) is 30.9 Å². The molecule has 1 N–H and O–H groups in total. The van der Waals surface area contributed by atoms with Crippen molar-refractivity contribution < 1.29 is 5.11 Å². The van der Waals surface area contributed by atoms with Gasteiger partial charge in [-0.3, -0.25) is 4.90 Å². The van der Waals surface area contributed by atoms with E-state index in [4.69, 9.17) is 0 Å². The molecule has 0 radical (unpaired) electrons. The van der Waals surface area contributed by atoms with Gasteiger partial charge in [0.05, 0.1) is 0 Å². The Morgan fingerprint density at radius 3 is 2.82 bits per heavy atom. The third-order valence-electron chi connectivity index (χ3n) is 3.90. The predicted octanol–water partition coefficient (Wildman–Crippen LogP) is 2.59. The van der Waals surface area contributed by atoms with Crippen LogP contribution in [0.3, 0.4) is 0 Å². The third kappa shape index (κ3) is 3.08. The summed E-state index contributed by atoms with van der Waals surface area (Å²) in [4.78, 5) is 2.47. The molecule has 0 spiro atoms. The van der Waals surface area contributed by atoms with Crippen molar-refractivity contribution in [3.63, 3.8) is 0 Å². The van der Waals surface area contributed by atoms with Crippen LogP contribution in [0.4, 0.5) is 0 Å². The SMILES string of the molecule is Cc1ccccc1CN1CCCC(C)(CO)C1. The van der Waals surface area contributed by atoms with Gasteiger partial charge in [-0.05, 0) is 37.4 Å². The number of hydrogen-bond donors (Lipinski definition) is 1. The van der Waals surface area contributed by atoms with Crippen molar-refractivity contribution in [2.24, 2.45) is 5.41 Å². The zero-order valence-electron chi connectivity index (χ0n) is 10.9. The zero-order chi connectivity index (χ0) is 12.3. The van der Waals surface area contributed by atoms with Crippen molar-refractivity contribution in [1.82, 2.24) is 4.90 Å². The van der Waals surface area contributed by atoms with E-state index in [9.17, 15) is 5.11 Å². The molecular weight excluding hydrogens is 210 g/mol. The summed E-state index contributed by atoms with van der Waals surface area (Å²) in [7, 11) is 0. The van der Waals surface area contributed by atoms with Crippen LogP contribution in [0.25, 0.3) is 0 Å². The van der Waals surface area contributed by atoms with Gasteiger partial charge < -0.3 is 5.11 Å². The van der Waals surface area contributed by atoms with E-state index in [2.05, 4.69) is 43.0 Å². The van der Waals surface area contributed by atoms with E-state index in [1.165, 1.54) is 17.5 Å². The van der Waals surface area contributed by atoms with E-state index in [1.54, 1.807) is 0 Å². The van der Waals surface area contributed by atoms with Gasteiger partial charge in [0.25, 0.3) is 0 Å². The van der Waals surface area contributed by atoms with Gasteiger partial charge in [0.2, 0.25) is 0 Å². The Hall–Kier alpha value is -0.860. The van der Waals surface area contributed by atoms with Gasteiger partial charge in [-0.15, -0.1) is 0 Å². The molecule has 94 valence electrons. The molecule has 1 unspecified atom stereocenters. The number of aliphatic hydroxyl groups excluding tert-OH is 1. The van der Waals surface area contributed by atoms with Gasteiger partial charge in [0, 0.05) is 25.1 Å². The highest BCUT2D eigenvalue weighted by molar-refractivity contribution is 5.25. The molecule has 2 heteroatoms. The van der Waals surface area contributed by atoms with E-state index in [0.29, 0.717) is 6.61 Å². The molecule has 1 atom stereocenters. The number of piperidine rings is 1. The van der Waals surface area contributed by atoms with Crippen molar-refractivity contribution in [2.45, 2.75) is 33.2 Å². The second-order valence-electron chi connectivity index (χ2n) is 5.71. The quantitative estimate of drug-likeness (QED) is 0.867. The second kappa shape index (κ2) is 5.19. The summed E-state index contributed by atoms with van der Waals surface area (Å²) >= 11 is 0. The van der Waals surface area contributed by atoms with Gasteiger partial charge in [0.1, 0.15) is 0 Å². The number of aliphatic hydroxyl groups is 1. The van der Waals surface area contributed by atoms with Gasteiger partial charge >= 0.3 is 0 Å². The lowest BCUT2D eigenvalue weighted by molar-refractivity contribution is 0.0428. The molecule has 17 heavy (non-hydrogen) atoms. The number of likely N-dealkylation sites (tertiary alicyclic amines) is 1. The summed E-state index contributed by atoms with van der Waals surface area (Å²) in [6.07, 6.45) is 2.34. The van der Waals surface area contributed by atoms with E-state index >= 15 is 0 Å². The summed E-state index contributed by atoms with van der Waals surface area (Å²) in [6.45, 7) is 7.85. The first-order chi connectivity index (χ1) is 8.13. The fourth-order valence-electron chi connectivity index (χ4n) is 2.72. The van der Waals surface area contributed by atoms with E-state index in [-0.39, 0.29) is 5.41 Å². The molecule has 0 aromatic heterocycles. The number of rotatable bonds is 3. The average molecular weight is 233 g/mol. The average Bonchev–Trinajstić information content (AvgIpc) is 2.32. The van der Waals surface area contributed by atoms with Crippen LogP contribution in [0.15, 0.2) is 24.3 Å². The van der Waals surface area contributed by atoms with E-state index < -0.39 is 0 Å². The molecule has 1 heterocycles. The van der Waals surface area contributed by atoms with Crippen molar-refractivity contribution in [2.75, 3.05) is 19.7 Å². The molecular formula is C15H23NO. The molecule has 0 amide bonds. The van der Waals surface area contributed by atoms with Crippen molar-refractivity contribution in [3.05, 3.63) is 35.4 Å². The highest BCUT2D eigenvalue weighted by Gasteiger charge is 2.30. The van der Waals surface area contributed by atoms with Crippen LogP contribution in [0.5, 0.6) is 0 Å². The number of aryl methyl sites for hydroxylation is 1. The van der Waals surface area contributed by atoms with Crippen molar-refractivity contribution in [3.8, 4) is 0 Å². The smallest absolute Gasteiger partial charge is 0.0497 e. The molecule has 1 aromatic carbocycles. The highest BCUT2D eigenvalue weighted by atomic mass is 16.3. The molecule has 1 aliphatic rings. The van der Waals surface area contributed by atoms with Crippen LogP contribution in [0.2, 0.25) is 0 Å². The zero-order valence-corrected chi connectivity index (χ0v) is 10.9. The molecule has 2 nitrogen and oxygen atoms in total. The van der Waals surface area contributed by atoms with E-state index in [0.717, 1.165) is 26.1 Å². The Morgan fingerprint density at radius 2 is 2.12 bits per heavy atom. The second-order valence-corrected chi connectivity index (χ2v) is 5.71. The summed E-state index contributed by atoms with van der Waals surface area (Å²) < 4.78 is 0. The number of benzene rings is 1. The Bertz CT molecular complexity index is 377. The van der Waals surface area contributed by atoms with Crippen LogP contribution < -0.4 is 0 Å². The Morgan fingerprint density at radius 1 is 1.35 bits per heavy atom. The maximum Gasteiger partial charge on any atom is 0.0497 e. The van der Waals surface area contributed by atoms with Crippen molar-refractivity contribution >= 4 is 0 Å². The van der Waals surface area contributed by atoms with Gasteiger partial charge in [-0.25, -0.2) is 0 Å². The lowest BCUT2D eigenvalue weighted by Gasteiger charge is -2.39. The van der Waals surface area contributed by atoms with Crippen LogP contribution in [-0.4, -0.2) is 29.7 Å². The molecule has 0 bridgehead atoms. The van der Waals surface area contributed by atoms with Crippen molar-refractivity contribution in [1.29, 1.82) is 0 Å². The molecule has 1 aliphatic heterocycles. The third-order valence-corrected chi connectivity index (χ3v) is 3.90. The number of hydrogen-bond acceptors (Lipinski definition) is 2. The molecule has 2 rings (SSSR count). The van der Waals surface area contributed by atoms with Gasteiger partial charge in [-0.1, -0.05) is 31.2 Å². The highest BCUT2D eigenvalue weighted by Crippen LogP contribution is 2.29. The summed E-state index contributed by atoms with van der Waals surface area (Å²) in [6, 6.07) is 8.58. The Kier molecular flexibility index (Phi) is 3.85. The molecule has 1 saturated heterocycles. The number of nitrogens with zero attached hydrogens (tertiary/aromatic N) is 1. The fourth-order valence-corrected chi connectivity index (χ4v) is 2.72.